The summed E-state index contributed by atoms with van der Waals surface area (Å²) in [5, 5.41) is 49.8. The summed E-state index contributed by atoms with van der Waals surface area (Å²) in [7, 11) is -11.0. The van der Waals surface area contributed by atoms with Crippen molar-refractivity contribution in [3.05, 3.63) is 46.6 Å². The fourth-order valence-corrected chi connectivity index (χ4v) is 4.87. The lowest BCUT2D eigenvalue weighted by molar-refractivity contribution is -0.261. The van der Waals surface area contributed by atoms with Crippen LogP contribution in [0.3, 0.4) is 0 Å². The van der Waals surface area contributed by atoms with Crippen molar-refractivity contribution < 1.29 is 78.5 Å². The number of phenolic OH excluding ortho intramolecular Hbond substituents is 3. The monoisotopic (exact) mass is 622 g/mol. The second-order valence-corrected chi connectivity index (χ2v) is 10.4. The van der Waals surface area contributed by atoms with Crippen LogP contribution in [0.25, 0.3) is 22.3 Å². The Hall–Kier alpha value is -4.02. The quantitative estimate of drug-likeness (QED) is 0.156. The zero-order valence-electron chi connectivity index (χ0n) is 19.8. The number of aliphatic hydroxyl groups is 1. The van der Waals surface area contributed by atoms with Crippen molar-refractivity contribution >= 4 is 37.7 Å². The van der Waals surface area contributed by atoms with Crippen molar-refractivity contribution in [2.75, 3.05) is 0 Å². The maximum Gasteiger partial charge on any atom is 0.397 e. The minimum Gasteiger partial charge on any atom is -0.508 e. The summed E-state index contributed by atoms with van der Waals surface area (Å²) in [6.07, 6.45) is -12.8. The van der Waals surface area contributed by atoms with Gasteiger partial charge in [-0.05, 0) is 24.3 Å². The molecular weight excluding hydrogens is 604 g/mol. The molecule has 1 aliphatic heterocycles. The highest BCUT2D eigenvalue weighted by atomic mass is 32.3. The lowest BCUT2D eigenvalue weighted by Gasteiger charge is -2.40. The van der Waals surface area contributed by atoms with E-state index in [1.807, 2.05) is 0 Å². The number of phenols is 3. The van der Waals surface area contributed by atoms with Gasteiger partial charge >= 0.3 is 26.8 Å². The van der Waals surface area contributed by atoms with E-state index >= 15 is 0 Å². The number of benzene rings is 2. The Morgan fingerprint density at radius 3 is 2.02 bits per heavy atom. The summed E-state index contributed by atoms with van der Waals surface area (Å²) >= 11 is 0. The van der Waals surface area contributed by atoms with Crippen LogP contribution in [0.1, 0.15) is 0 Å². The second-order valence-electron chi connectivity index (χ2n) is 8.32. The molecule has 1 fully saturated rings. The Kier molecular flexibility index (Phi) is 7.86. The second kappa shape index (κ2) is 10.8. The molecule has 0 radical (unpaired) electrons. The Morgan fingerprint density at radius 2 is 1.46 bits per heavy atom. The van der Waals surface area contributed by atoms with E-state index in [4.69, 9.17) is 18.4 Å². The van der Waals surface area contributed by atoms with Crippen molar-refractivity contribution in [1.29, 1.82) is 0 Å². The van der Waals surface area contributed by atoms with Gasteiger partial charge in [0.15, 0.2) is 29.0 Å². The maximum atomic E-state index is 12.8. The van der Waals surface area contributed by atoms with Crippen molar-refractivity contribution in [3.8, 4) is 34.3 Å². The molecule has 0 amide bonds. The van der Waals surface area contributed by atoms with E-state index in [2.05, 4.69) is 8.37 Å². The molecule has 1 aromatic heterocycles. The third-order valence-corrected chi connectivity index (χ3v) is 6.46. The number of hydrogen-bond donors (Lipinski definition) is 7. The Morgan fingerprint density at radius 1 is 0.878 bits per heavy atom. The van der Waals surface area contributed by atoms with E-state index in [9.17, 15) is 56.5 Å². The summed E-state index contributed by atoms with van der Waals surface area (Å²) in [6.45, 7) is 0. The molecule has 20 heteroatoms. The SMILES string of the molecule is O=C(O)C1OC(Oc2c(O)cc(O)c3c(=O)cc(-c4ccc(O)cc4)oc23)C(OS(=O)(=O)O)C(O)C1OS(=O)(=O)O. The number of carboxylic acids is 1. The predicted octanol–water partition coefficient (Wildman–Crippen LogP) is -0.498. The third-order valence-electron chi connectivity index (χ3n) is 5.53. The molecule has 0 bridgehead atoms. The van der Waals surface area contributed by atoms with Crippen LogP contribution in [0.4, 0.5) is 0 Å². The molecule has 222 valence electrons. The lowest BCUT2D eigenvalue weighted by Crippen LogP contribution is -2.63. The summed E-state index contributed by atoms with van der Waals surface area (Å²) < 4.78 is 88.0. The fourth-order valence-electron chi connectivity index (χ4n) is 3.89. The lowest BCUT2D eigenvalue weighted by atomic mass is 9.99. The Bertz CT molecular complexity index is 1760. The molecule has 2 heterocycles. The number of hydrogen-bond acceptors (Lipinski definition) is 15. The molecule has 5 atom stereocenters. The van der Waals surface area contributed by atoms with Gasteiger partial charge in [0.05, 0.1) is 0 Å². The maximum absolute atomic E-state index is 12.8. The molecule has 5 unspecified atom stereocenters. The molecule has 41 heavy (non-hydrogen) atoms. The Labute approximate surface area is 228 Å². The van der Waals surface area contributed by atoms with Crippen LogP contribution in [0.5, 0.6) is 23.0 Å². The predicted molar refractivity (Wildman–Crippen MR) is 129 cm³/mol. The molecule has 2 aromatic carbocycles. The minimum atomic E-state index is -5.53. The summed E-state index contributed by atoms with van der Waals surface area (Å²) in [5.41, 5.74) is -1.43. The molecule has 0 aliphatic carbocycles. The number of fused-ring (bicyclic) bond motifs is 1. The van der Waals surface area contributed by atoms with Crippen molar-refractivity contribution in [1.82, 2.24) is 0 Å². The van der Waals surface area contributed by atoms with Crippen molar-refractivity contribution in [2.45, 2.75) is 30.7 Å². The van der Waals surface area contributed by atoms with Crippen LogP contribution >= 0.6 is 0 Å². The van der Waals surface area contributed by atoms with E-state index < -0.39 is 91.1 Å². The average molecular weight is 622 g/mol. The van der Waals surface area contributed by atoms with Crippen LogP contribution < -0.4 is 10.2 Å². The zero-order chi connectivity index (χ0) is 30.4. The normalized spacial score (nSPS) is 23.3. The van der Waals surface area contributed by atoms with Crippen molar-refractivity contribution in [2.24, 2.45) is 0 Å². The number of aliphatic hydroxyl groups excluding tert-OH is 1. The first kappa shape index (κ1) is 30.0. The first-order valence-corrected chi connectivity index (χ1v) is 13.5. The molecule has 4 rings (SSSR count). The van der Waals surface area contributed by atoms with Crippen LogP contribution in [-0.2, 0) is 38.7 Å². The van der Waals surface area contributed by atoms with Crippen LogP contribution in [0.2, 0.25) is 0 Å². The van der Waals surface area contributed by atoms with E-state index in [-0.39, 0.29) is 17.1 Å². The Balaban J connectivity index is 1.87. The van der Waals surface area contributed by atoms with Crippen LogP contribution in [0.15, 0.2) is 45.6 Å². The standard InChI is InChI=1S/C21H18O18S2/c22-8-3-1-7(2-4-8)12-6-10(24)13-9(23)5-11(25)15(16(13)35-12)36-21-18(39-41(32,33)34)14(26)17(38-40(29,30)31)19(37-21)20(27)28/h1-6,14,17-19,21-23,25-26H,(H,27,28)(H,29,30,31)(H,32,33,34). The molecular formula is C21H18O18S2. The highest BCUT2D eigenvalue weighted by molar-refractivity contribution is 7.81. The highest BCUT2D eigenvalue weighted by Gasteiger charge is 2.54. The van der Waals surface area contributed by atoms with Crippen molar-refractivity contribution in [3.63, 3.8) is 0 Å². The molecule has 1 saturated heterocycles. The van der Waals surface area contributed by atoms with Gasteiger partial charge in [0, 0.05) is 17.7 Å². The first-order valence-electron chi connectivity index (χ1n) is 10.8. The molecule has 18 nitrogen and oxygen atoms in total. The molecule has 0 spiro atoms. The number of carboxylic acid groups (broad SMARTS) is 1. The van der Waals surface area contributed by atoms with Gasteiger partial charge in [0.2, 0.25) is 12.0 Å². The number of ether oxygens (including phenoxy) is 2. The number of aliphatic carboxylic acids is 1. The third kappa shape index (κ3) is 6.49. The number of rotatable bonds is 8. The molecule has 1 aliphatic rings. The molecule has 3 aromatic rings. The van der Waals surface area contributed by atoms with Gasteiger partial charge in [0.25, 0.3) is 0 Å². The summed E-state index contributed by atoms with van der Waals surface area (Å²) in [6, 6.07) is 6.65. The first-order chi connectivity index (χ1) is 18.9. The average Bonchev–Trinajstić information content (AvgIpc) is 2.83. The summed E-state index contributed by atoms with van der Waals surface area (Å²) in [5.74, 6) is -5.12. The fraction of sp³-hybridized carbons (Fsp3) is 0.238. The number of carbonyl (C=O) groups is 1. The van der Waals surface area contributed by atoms with E-state index in [0.29, 0.717) is 6.07 Å². The van der Waals surface area contributed by atoms with Gasteiger partial charge < -0.3 is 39.4 Å². The smallest absolute Gasteiger partial charge is 0.397 e. The van der Waals surface area contributed by atoms with Gasteiger partial charge in [0.1, 0.15) is 34.9 Å². The van der Waals surface area contributed by atoms with E-state index in [1.165, 1.54) is 24.3 Å². The largest absolute Gasteiger partial charge is 0.508 e. The van der Waals surface area contributed by atoms with Gasteiger partial charge in [-0.15, -0.1) is 0 Å². The van der Waals surface area contributed by atoms with Gasteiger partial charge in [-0.2, -0.15) is 16.8 Å². The molecule has 7 N–H and O–H groups in total. The zero-order valence-corrected chi connectivity index (χ0v) is 21.4. The summed E-state index contributed by atoms with van der Waals surface area (Å²) in [4.78, 5) is 24.6. The van der Waals surface area contributed by atoms with Gasteiger partial charge in [-0.1, -0.05) is 0 Å². The molecule has 0 saturated carbocycles. The number of aromatic hydroxyl groups is 3. The van der Waals surface area contributed by atoms with Gasteiger partial charge in [-0.3, -0.25) is 13.9 Å². The topological polar surface area (TPSA) is 294 Å². The van der Waals surface area contributed by atoms with Gasteiger partial charge in [-0.25, -0.2) is 13.2 Å². The van der Waals surface area contributed by atoms with E-state index in [1.54, 1.807) is 0 Å². The van der Waals surface area contributed by atoms with Crippen LogP contribution in [-0.4, -0.2) is 88.1 Å². The minimum absolute atomic E-state index is 0.140. The van der Waals surface area contributed by atoms with E-state index in [0.717, 1.165) is 6.07 Å². The highest BCUT2D eigenvalue weighted by Crippen LogP contribution is 2.42. The van der Waals surface area contributed by atoms with Crippen LogP contribution in [0, 0.1) is 0 Å².